The molecule has 1 fully saturated rings. The van der Waals surface area contributed by atoms with Crippen molar-refractivity contribution in [3.8, 4) is 0 Å². The van der Waals surface area contributed by atoms with Gasteiger partial charge in [0.2, 0.25) is 0 Å². The first kappa shape index (κ1) is 16.6. The number of hydrogen-bond donors (Lipinski definition) is 1. The molecule has 0 amide bonds. The molecule has 0 bridgehead atoms. The minimum Gasteiger partial charge on any atom is -0.383 e. The van der Waals surface area contributed by atoms with Gasteiger partial charge in [0.15, 0.2) is 9.84 Å². The summed E-state index contributed by atoms with van der Waals surface area (Å²) in [6.07, 6.45) is 0. The fourth-order valence-electron chi connectivity index (χ4n) is 3.22. The molecule has 1 saturated carbocycles. The van der Waals surface area contributed by atoms with Crippen LogP contribution in [0.2, 0.25) is 0 Å². The Morgan fingerprint density at radius 2 is 1.74 bits per heavy atom. The molecular formula is C17H18BrNO3S. The van der Waals surface area contributed by atoms with Crippen LogP contribution in [0.3, 0.4) is 0 Å². The van der Waals surface area contributed by atoms with Crippen LogP contribution in [0.4, 0.5) is 0 Å². The molecule has 0 radical (unpaired) electrons. The van der Waals surface area contributed by atoms with Crippen LogP contribution in [0.5, 0.6) is 0 Å². The van der Waals surface area contributed by atoms with Crippen LogP contribution < -0.4 is 5.73 Å². The maximum Gasteiger partial charge on any atom is 0.183 e. The van der Waals surface area contributed by atoms with Gasteiger partial charge in [0, 0.05) is 17.5 Å². The summed E-state index contributed by atoms with van der Waals surface area (Å²) in [6.45, 7) is 0.199. The average Bonchev–Trinajstić information content (AvgIpc) is 3.15. The first-order valence-corrected chi connectivity index (χ1v) is 9.57. The van der Waals surface area contributed by atoms with Crippen LogP contribution in [-0.2, 0) is 14.6 Å². The van der Waals surface area contributed by atoms with Crippen LogP contribution in [0.25, 0.3) is 0 Å². The number of ether oxygens (including phenoxy) is 1. The van der Waals surface area contributed by atoms with Gasteiger partial charge in [-0.15, -0.1) is 0 Å². The lowest BCUT2D eigenvalue weighted by Crippen LogP contribution is -2.35. The predicted octanol–water partition coefficient (Wildman–Crippen LogP) is 2.73. The van der Waals surface area contributed by atoms with Crippen molar-refractivity contribution < 1.29 is 13.2 Å². The van der Waals surface area contributed by atoms with Gasteiger partial charge in [0.05, 0.1) is 22.3 Å². The molecular weight excluding hydrogens is 378 g/mol. The molecule has 2 aromatic carbocycles. The number of methoxy groups -OCH3 is 1. The second kappa shape index (κ2) is 6.02. The number of rotatable bonds is 5. The van der Waals surface area contributed by atoms with Gasteiger partial charge >= 0.3 is 0 Å². The molecule has 1 aliphatic rings. The van der Waals surface area contributed by atoms with E-state index >= 15 is 0 Å². The standard InChI is InChI=1S/C17H18BrNO3S/c1-22-11-17(19)15(12-7-9-13(18)10-8-12)16(17)23(20,21)14-5-3-2-4-6-14/h2-10,15-16H,11,19H2,1H3/t15-,16-,17-/m0/s1. The van der Waals surface area contributed by atoms with Crippen LogP contribution in [0.15, 0.2) is 64.0 Å². The third-order valence-corrected chi connectivity index (χ3v) is 7.17. The summed E-state index contributed by atoms with van der Waals surface area (Å²) < 4.78 is 32.1. The molecule has 4 nitrogen and oxygen atoms in total. The van der Waals surface area contributed by atoms with E-state index in [1.807, 2.05) is 24.3 Å². The lowest BCUT2D eigenvalue weighted by atomic mass is 10.1. The fourth-order valence-corrected chi connectivity index (χ4v) is 5.80. The van der Waals surface area contributed by atoms with Crippen molar-refractivity contribution in [3.63, 3.8) is 0 Å². The molecule has 122 valence electrons. The highest BCUT2D eigenvalue weighted by Gasteiger charge is 2.69. The molecule has 6 heteroatoms. The predicted molar refractivity (Wildman–Crippen MR) is 93.1 cm³/mol. The van der Waals surface area contributed by atoms with E-state index in [-0.39, 0.29) is 12.5 Å². The van der Waals surface area contributed by atoms with Gasteiger partial charge in [-0.3, -0.25) is 0 Å². The highest BCUT2D eigenvalue weighted by Crippen LogP contribution is 2.55. The summed E-state index contributed by atoms with van der Waals surface area (Å²) in [4.78, 5) is 0.301. The summed E-state index contributed by atoms with van der Waals surface area (Å²) in [5, 5.41) is -0.682. The van der Waals surface area contributed by atoms with Crippen molar-refractivity contribution >= 4 is 25.8 Å². The zero-order valence-corrected chi connectivity index (χ0v) is 15.0. The van der Waals surface area contributed by atoms with Gasteiger partial charge in [-0.25, -0.2) is 8.42 Å². The van der Waals surface area contributed by atoms with E-state index < -0.39 is 20.6 Å². The van der Waals surface area contributed by atoms with Gasteiger partial charge in [0.1, 0.15) is 0 Å². The van der Waals surface area contributed by atoms with Gasteiger partial charge in [-0.05, 0) is 29.8 Å². The molecule has 0 aromatic heterocycles. The van der Waals surface area contributed by atoms with Crippen LogP contribution >= 0.6 is 15.9 Å². The number of hydrogen-bond acceptors (Lipinski definition) is 4. The quantitative estimate of drug-likeness (QED) is 0.844. The minimum atomic E-state index is -3.52. The normalized spacial score (nSPS) is 26.9. The van der Waals surface area contributed by atoms with Crippen LogP contribution in [0.1, 0.15) is 11.5 Å². The second-order valence-electron chi connectivity index (χ2n) is 5.85. The smallest absolute Gasteiger partial charge is 0.183 e. The van der Waals surface area contributed by atoms with Crippen LogP contribution in [0, 0.1) is 0 Å². The molecule has 3 atom stereocenters. The maximum absolute atomic E-state index is 13.0. The number of benzene rings is 2. The second-order valence-corrected chi connectivity index (χ2v) is 8.84. The third-order valence-electron chi connectivity index (χ3n) is 4.33. The van der Waals surface area contributed by atoms with Crippen molar-refractivity contribution in [3.05, 3.63) is 64.6 Å². The van der Waals surface area contributed by atoms with E-state index in [9.17, 15) is 8.42 Å². The SMILES string of the molecule is COC[C@]1(N)[C@@H](c2ccc(Br)cc2)[C@@H]1S(=O)(=O)c1ccccc1. The number of sulfone groups is 1. The van der Waals surface area contributed by atoms with E-state index in [0.29, 0.717) is 4.90 Å². The lowest BCUT2D eigenvalue weighted by molar-refractivity contribution is 0.171. The highest BCUT2D eigenvalue weighted by atomic mass is 79.9. The zero-order valence-electron chi connectivity index (χ0n) is 12.6. The van der Waals surface area contributed by atoms with E-state index in [2.05, 4.69) is 15.9 Å². The molecule has 2 aromatic rings. The molecule has 2 N–H and O–H groups in total. The lowest BCUT2D eigenvalue weighted by Gasteiger charge is -2.11. The van der Waals surface area contributed by atoms with E-state index in [0.717, 1.165) is 10.0 Å². The minimum absolute atomic E-state index is 0.199. The first-order chi connectivity index (χ1) is 10.9. The Bertz CT molecular complexity index is 792. The van der Waals surface area contributed by atoms with Crippen molar-refractivity contribution in [2.45, 2.75) is 21.6 Å². The Kier molecular flexibility index (Phi) is 4.35. The van der Waals surface area contributed by atoms with Crippen molar-refractivity contribution in [2.75, 3.05) is 13.7 Å². The Balaban J connectivity index is 2.01. The van der Waals surface area contributed by atoms with E-state index in [1.54, 1.807) is 30.3 Å². The first-order valence-electron chi connectivity index (χ1n) is 7.23. The maximum atomic E-state index is 13.0. The Hall–Kier alpha value is -1.21. The summed E-state index contributed by atoms with van der Waals surface area (Å²) in [7, 11) is -1.98. The molecule has 3 rings (SSSR count). The number of nitrogens with two attached hydrogens (primary N) is 1. The molecule has 23 heavy (non-hydrogen) atoms. The van der Waals surface area contributed by atoms with Crippen molar-refractivity contribution in [1.82, 2.24) is 0 Å². The molecule has 1 aliphatic carbocycles. The van der Waals surface area contributed by atoms with Gasteiger partial charge in [0.25, 0.3) is 0 Å². The molecule has 0 aliphatic heterocycles. The van der Waals surface area contributed by atoms with E-state index in [4.69, 9.17) is 10.5 Å². The Morgan fingerprint density at radius 1 is 1.13 bits per heavy atom. The van der Waals surface area contributed by atoms with Gasteiger partial charge in [-0.1, -0.05) is 46.3 Å². The average molecular weight is 396 g/mol. The molecule has 0 saturated heterocycles. The summed E-state index contributed by atoms with van der Waals surface area (Å²) in [6, 6.07) is 16.1. The fraction of sp³-hybridized carbons (Fsp3) is 0.294. The zero-order chi connectivity index (χ0) is 16.7. The third kappa shape index (κ3) is 2.85. The number of halogens is 1. The van der Waals surface area contributed by atoms with Gasteiger partial charge in [-0.2, -0.15) is 0 Å². The largest absolute Gasteiger partial charge is 0.383 e. The molecule has 0 heterocycles. The van der Waals surface area contributed by atoms with Crippen molar-refractivity contribution in [2.24, 2.45) is 5.73 Å². The van der Waals surface area contributed by atoms with Crippen molar-refractivity contribution in [1.29, 1.82) is 0 Å². The Morgan fingerprint density at radius 3 is 2.30 bits per heavy atom. The summed E-state index contributed by atoms with van der Waals surface area (Å²) >= 11 is 3.39. The Labute approximate surface area is 144 Å². The van der Waals surface area contributed by atoms with Crippen LogP contribution in [-0.4, -0.2) is 32.9 Å². The molecule has 0 unspecified atom stereocenters. The van der Waals surface area contributed by atoms with E-state index in [1.165, 1.54) is 7.11 Å². The van der Waals surface area contributed by atoms with Gasteiger partial charge < -0.3 is 10.5 Å². The highest BCUT2D eigenvalue weighted by molar-refractivity contribution is 9.10. The summed E-state index contributed by atoms with van der Waals surface area (Å²) in [5.41, 5.74) is 6.43. The summed E-state index contributed by atoms with van der Waals surface area (Å²) in [5.74, 6) is -0.277. The topological polar surface area (TPSA) is 69.4 Å². The monoisotopic (exact) mass is 395 g/mol. The molecule has 0 spiro atoms.